The lowest BCUT2D eigenvalue weighted by atomic mass is 10.2. The molecular weight excluding hydrogens is 160 g/mol. The maximum atomic E-state index is 11.1. The molecule has 0 aromatic rings. The Morgan fingerprint density at radius 2 is 1.92 bits per heavy atom. The molecule has 12 heavy (non-hydrogen) atoms. The number of hydrogen-bond donors (Lipinski definition) is 1. The Morgan fingerprint density at radius 3 is 2.17 bits per heavy atom. The van der Waals surface area contributed by atoms with Crippen LogP contribution in [0.15, 0.2) is 5.16 Å². The summed E-state index contributed by atoms with van der Waals surface area (Å²) in [7, 11) is 2.97. The van der Waals surface area contributed by atoms with Crippen molar-refractivity contribution in [3.8, 4) is 0 Å². The summed E-state index contributed by atoms with van der Waals surface area (Å²) in [4.78, 5) is 23.2. The van der Waals surface area contributed by atoms with Gasteiger partial charge in [-0.05, 0) is 0 Å². The number of carbonyl (C=O) groups excluding carboxylic acids is 2. The van der Waals surface area contributed by atoms with Gasteiger partial charge in [-0.25, -0.2) is 0 Å². The second-order valence-electron chi connectivity index (χ2n) is 2.42. The van der Waals surface area contributed by atoms with Gasteiger partial charge < -0.3 is 10.1 Å². The van der Waals surface area contributed by atoms with Gasteiger partial charge in [0.2, 0.25) is 5.71 Å². The molecule has 0 heterocycles. The molecule has 0 fully saturated rings. The van der Waals surface area contributed by atoms with Crippen LogP contribution in [0.4, 0.5) is 0 Å². The molecule has 0 aliphatic heterocycles. The zero-order valence-electron chi connectivity index (χ0n) is 7.37. The second-order valence-corrected chi connectivity index (χ2v) is 2.42. The lowest BCUT2D eigenvalue weighted by Gasteiger charge is -2.09. The molecule has 0 atom stereocenters. The fourth-order valence-corrected chi connectivity index (χ4v) is 0.597. The van der Waals surface area contributed by atoms with E-state index in [9.17, 15) is 9.59 Å². The largest absolute Gasteiger partial charge is 0.410 e. The highest BCUT2D eigenvalue weighted by Gasteiger charge is 2.20. The van der Waals surface area contributed by atoms with Gasteiger partial charge in [-0.1, -0.05) is 12.1 Å². The fraction of sp³-hybridized carbons (Fsp3) is 0.571. The number of rotatable bonds is 3. The number of Topliss-reactive ketones (excluding diaryl/α,β-unsaturated/α-hetero) is 1. The predicted molar refractivity (Wildman–Crippen MR) is 43.2 cm³/mol. The van der Waals surface area contributed by atoms with Gasteiger partial charge in [0.25, 0.3) is 5.91 Å². The Bertz CT molecular complexity index is 221. The third-order valence-electron chi connectivity index (χ3n) is 1.29. The lowest BCUT2D eigenvalue weighted by Crippen LogP contribution is -2.34. The van der Waals surface area contributed by atoms with E-state index in [2.05, 4.69) is 5.16 Å². The third-order valence-corrected chi connectivity index (χ3v) is 1.29. The van der Waals surface area contributed by atoms with E-state index in [4.69, 9.17) is 5.21 Å². The molecule has 0 rings (SSSR count). The fourth-order valence-electron chi connectivity index (χ4n) is 0.597. The first-order valence-electron chi connectivity index (χ1n) is 3.51. The van der Waals surface area contributed by atoms with Gasteiger partial charge in [0.05, 0.1) is 0 Å². The first kappa shape index (κ1) is 10.6. The van der Waals surface area contributed by atoms with E-state index >= 15 is 0 Å². The summed E-state index contributed by atoms with van der Waals surface area (Å²) in [6.07, 6.45) is 0.152. The molecule has 0 bridgehead atoms. The molecule has 0 saturated heterocycles. The van der Waals surface area contributed by atoms with Crippen LogP contribution in [0.3, 0.4) is 0 Å². The highest BCUT2D eigenvalue weighted by molar-refractivity contribution is 6.65. The van der Waals surface area contributed by atoms with Gasteiger partial charge in [0.1, 0.15) is 0 Å². The molecular formula is C7H12N2O3. The quantitative estimate of drug-likeness (QED) is 0.279. The Morgan fingerprint density at radius 1 is 1.42 bits per heavy atom. The van der Waals surface area contributed by atoms with Crippen molar-refractivity contribution in [2.24, 2.45) is 5.16 Å². The van der Waals surface area contributed by atoms with E-state index < -0.39 is 17.4 Å². The van der Waals surface area contributed by atoms with E-state index in [0.717, 1.165) is 0 Å². The van der Waals surface area contributed by atoms with Gasteiger partial charge >= 0.3 is 0 Å². The van der Waals surface area contributed by atoms with Crippen LogP contribution in [0.5, 0.6) is 0 Å². The number of carbonyl (C=O) groups is 2. The molecule has 0 spiro atoms. The SMILES string of the molecule is CCC(=O)C(=NO)C(=O)N(C)C. The van der Waals surface area contributed by atoms with E-state index in [1.165, 1.54) is 19.0 Å². The Kier molecular flexibility index (Phi) is 3.96. The maximum absolute atomic E-state index is 11.1. The summed E-state index contributed by atoms with van der Waals surface area (Å²) in [6, 6.07) is 0. The van der Waals surface area contributed by atoms with E-state index in [0.29, 0.717) is 0 Å². The van der Waals surface area contributed by atoms with Crippen LogP contribution in [-0.2, 0) is 9.59 Å². The summed E-state index contributed by atoms with van der Waals surface area (Å²) >= 11 is 0. The van der Waals surface area contributed by atoms with Crippen molar-refractivity contribution in [3.63, 3.8) is 0 Å². The van der Waals surface area contributed by atoms with Crippen molar-refractivity contribution in [2.45, 2.75) is 13.3 Å². The third kappa shape index (κ3) is 2.34. The average molecular weight is 172 g/mol. The Hall–Kier alpha value is -1.39. The minimum atomic E-state index is -0.579. The lowest BCUT2D eigenvalue weighted by molar-refractivity contribution is -0.123. The van der Waals surface area contributed by atoms with Crippen LogP contribution in [0.1, 0.15) is 13.3 Å². The number of amides is 1. The molecule has 1 amide bonds. The van der Waals surface area contributed by atoms with Crippen LogP contribution < -0.4 is 0 Å². The smallest absolute Gasteiger partial charge is 0.279 e. The molecule has 5 heteroatoms. The monoisotopic (exact) mass is 172 g/mol. The minimum Gasteiger partial charge on any atom is -0.410 e. The zero-order chi connectivity index (χ0) is 9.72. The minimum absolute atomic E-state index is 0.152. The average Bonchev–Trinajstić information content (AvgIpc) is 2.05. The number of oxime groups is 1. The van der Waals surface area contributed by atoms with Crippen LogP contribution in [0, 0.1) is 0 Å². The molecule has 0 radical (unpaired) electrons. The number of hydrogen-bond acceptors (Lipinski definition) is 4. The molecule has 0 aliphatic carbocycles. The summed E-state index contributed by atoms with van der Waals surface area (Å²) in [5.74, 6) is -1.04. The van der Waals surface area contributed by atoms with Crippen molar-refractivity contribution >= 4 is 17.4 Å². The Labute approximate surface area is 70.7 Å². The zero-order valence-corrected chi connectivity index (χ0v) is 7.37. The predicted octanol–water partition coefficient (Wildman–Crippen LogP) is -0.116. The molecule has 0 aromatic carbocycles. The number of ketones is 1. The highest BCUT2D eigenvalue weighted by atomic mass is 16.4. The van der Waals surface area contributed by atoms with Gasteiger partial charge in [-0.15, -0.1) is 0 Å². The van der Waals surface area contributed by atoms with Crippen LogP contribution >= 0.6 is 0 Å². The van der Waals surface area contributed by atoms with Gasteiger partial charge in [-0.2, -0.15) is 0 Å². The number of nitrogens with zero attached hydrogens (tertiary/aromatic N) is 2. The van der Waals surface area contributed by atoms with Crippen LogP contribution in [0.2, 0.25) is 0 Å². The molecule has 68 valence electrons. The molecule has 0 aromatic heterocycles. The molecule has 0 saturated carbocycles. The summed E-state index contributed by atoms with van der Waals surface area (Å²) in [5, 5.41) is 11.0. The summed E-state index contributed by atoms with van der Waals surface area (Å²) < 4.78 is 0. The maximum Gasteiger partial charge on any atom is 0.279 e. The Balaban J connectivity index is 4.60. The summed E-state index contributed by atoms with van der Waals surface area (Å²) in [5.41, 5.74) is -0.414. The highest BCUT2D eigenvalue weighted by Crippen LogP contribution is 1.91. The molecule has 1 N–H and O–H groups in total. The van der Waals surface area contributed by atoms with Crippen molar-refractivity contribution in [3.05, 3.63) is 0 Å². The van der Waals surface area contributed by atoms with Crippen LogP contribution in [-0.4, -0.2) is 41.6 Å². The van der Waals surface area contributed by atoms with Crippen molar-refractivity contribution in [1.82, 2.24) is 4.90 Å². The molecule has 0 unspecified atom stereocenters. The normalized spacial score (nSPS) is 11.1. The summed E-state index contributed by atoms with van der Waals surface area (Å²) in [6.45, 7) is 1.59. The molecule has 5 nitrogen and oxygen atoms in total. The van der Waals surface area contributed by atoms with Gasteiger partial charge in [-0.3, -0.25) is 9.59 Å². The van der Waals surface area contributed by atoms with Crippen molar-refractivity contribution in [2.75, 3.05) is 14.1 Å². The van der Waals surface area contributed by atoms with E-state index in [1.807, 2.05) is 0 Å². The topological polar surface area (TPSA) is 70.0 Å². The van der Waals surface area contributed by atoms with Crippen molar-refractivity contribution in [1.29, 1.82) is 0 Å². The first-order valence-corrected chi connectivity index (χ1v) is 3.51. The molecule has 0 aliphatic rings. The van der Waals surface area contributed by atoms with Crippen molar-refractivity contribution < 1.29 is 14.8 Å². The second kappa shape index (κ2) is 4.48. The van der Waals surface area contributed by atoms with Crippen LogP contribution in [0.25, 0.3) is 0 Å². The van der Waals surface area contributed by atoms with Gasteiger partial charge in [0, 0.05) is 20.5 Å². The standard InChI is InChI=1S/C7H12N2O3/c1-4-5(10)6(8-12)7(11)9(2)3/h12H,4H2,1-3H3. The van der Waals surface area contributed by atoms with E-state index in [-0.39, 0.29) is 6.42 Å². The van der Waals surface area contributed by atoms with Gasteiger partial charge in [0.15, 0.2) is 5.78 Å². The first-order chi connectivity index (χ1) is 5.54. The van der Waals surface area contributed by atoms with E-state index in [1.54, 1.807) is 6.92 Å².